The van der Waals surface area contributed by atoms with Crippen LogP contribution in [0.1, 0.15) is 330 Å². The molecule has 0 saturated carbocycles. The molecule has 0 radical (unpaired) electrons. The van der Waals surface area contributed by atoms with Crippen molar-refractivity contribution in [3.63, 3.8) is 0 Å². The molecule has 0 aromatic heterocycles. The highest BCUT2D eigenvalue weighted by atomic mass is 16.6. The summed E-state index contributed by atoms with van der Waals surface area (Å²) >= 11 is 0. The average Bonchev–Trinajstić information content (AvgIpc) is 3.28. The quantitative estimate of drug-likeness (QED) is 0.0343. The van der Waals surface area contributed by atoms with Gasteiger partial charge in [0.2, 0.25) is 0 Å². The Morgan fingerprint density at radius 3 is 0.652 bits per heavy atom. The van der Waals surface area contributed by atoms with Crippen LogP contribution in [0.3, 0.4) is 0 Å². The van der Waals surface area contributed by atoms with Gasteiger partial charge in [-0.25, -0.2) is 0 Å². The lowest BCUT2D eigenvalue weighted by Gasteiger charge is -2.18. The van der Waals surface area contributed by atoms with Crippen LogP contribution in [0.2, 0.25) is 0 Å². The fourth-order valence-corrected chi connectivity index (χ4v) is 9.18. The van der Waals surface area contributed by atoms with Gasteiger partial charge in [-0.3, -0.25) is 14.4 Å². The third kappa shape index (κ3) is 53.4. The van der Waals surface area contributed by atoms with Crippen LogP contribution >= 0.6 is 0 Å². The maximum absolute atomic E-state index is 12.8. The van der Waals surface area contributed by atoms with Gasteiger partial charge in [0.25, 0.3) is 0 Å². The summed E-state index contributed by atoms with van der Waals surface area (Å²) in [5.74, 6) is 1.62. The normalized spacial score (nSPS) is 12.1. The van der Waals surface area contributed by atoms with E-state index in [0.717, 1.165) is 75.5 Å². The van der Waals surface area contributed by atoms with Crippen LogP contribution in [-0.4, -0.2) is 37.2 Å². The van der Waals surface area contributed by atoms with Crippen LogP contribution in [0, 0.1) is 17.8 Å². The molecular formula is C60H116O6. The molecule has 0 bridgehead atoms. The Bertz CT molecular complexity index is 1020. The molecule has 0 aliphatic heterocycles. The zero-order valence-corrected chi connectivity index (χ0v) is 45.5. The minimum Gasteiger partial charge on any atom is -0.462 e. The van der Waals surface area contributed by atoms with Crippen LogP contribution in [0.5, 0.6) is 0 Å². The van der Waals surface area contributed by atoms with Crippen molar-refractivity contribution in [3.05, 3.63) is 0 Å². The minimum absolute atomic E-state index is 0.0645. The van der Waals surface area contributed by atoms with Gasteiger partial charge in [0, 0.05) is 19.3 Å². The first-order valence-electron chi connectivity index (χ1n) is 29.6. The van der Waals surface area contributed by atoms with E-state index in [0.29, 0.717) is 19.3 Å². The van der Waals surface area contributed by atoms with Crippen molar-refractivity contribution in [3.8, 4) is 0 Å². The number of carbonyl (C=O) groups excluding carboxylic acids is 3. The molecule has 0 spiro atoms. The zero-order chi connectivity index (χ0) is 48.4. The first kappa shape index (κ1) is 64.4. The van der Waals surface area contributed by atoms with Crippen molar-refractivity contribution in [1.82, 2.24) is 0 Å². The summed E-state index contributed by atoms with van der Waals surface area (Å²) in [5.41, 5.74) is 0. The number of ether oxygens (including phenoxy) is 3. The van der Waals surface area contributed by atoms with Crippen LogP contribution in [0.15, 0.2) is 0 Å². The summed E-state index contributed by atoms with van der Waals surface area (Å²) < 4.78 is 16.9. The second-order valence-corrected chi connectivity index (χ2v) is 22.1. The van der Waals surface area contributed by atoms with E-state index in [2.05, 4.69) is 41.5 Å². The van der Waals surface area contributed by atoms with Gasteiger partial charge in [-0.1, -0.05) is 292 Å². The lowest BCUT2D eigenvalue weighted by molar-refractivity contribution is -0.167. The van der Waals surface area contributed by atoms with E-state index in [9.17, 15) is 14.4 Å². The Balaban J connectivity index is 4.15. The van der Waals surface area contributed by atoms with Crippen LogP contribution in [0.25, 0.3) is 0 Å². The van der Waals surface area contributed by atoms with E-state index in [-0.39, 0.29) is 31.1 Å². The molecule has 0 unspecified atom stereocenters. The maximum atomic E-state index is 12.8. The predicted molar refractivity (Wildman–Crippen MR) is 284 cm³/mol. The summed E-state index contributed by atoms with van der Waals surface area (Å²) in [6, 6.07) is 0. The van der Waals surface area contributed by atoms with Crippen molar-refractivity contribution in [1.29, 1.82) is 0 Å². The number of esters is 3. The van der Waals surface area contributed by atoms with E-state index in [1.165, 1.54) is 212 Å². The highest BCUT2D eigenvalue weighted by molar-refractivity contribution is 5.71. The Morgan fingerprint density at radius 2 is 0.439 bits per heavy atom. The molecule has 392 valence electrons. The largest absolute Gasteiger partial charge is 0.462 e. The lowest BCUT2D eigenvalue weighted by Crippen LogP contribution is -2.30. The van der Waals surface area contributed by atoms with Gasteiger partial charge in [0.05, 0.1) is 0 Å². The third-order valence-corrected chi connectivity index (χ3v) is 13.6. The van der Waals surface area contributed by atoms with Crippen LogP contribution in [0.4, 0.5) is 0 Å². The van der Waals surface area contributed by atoms with Gasteiger partial charge in [-0.2, -0.15) is 0 Å². The van der Waals surface area contributed by atoms with Crippen LogP contribution in [-0.2, 0) is 28.6 Å². The summed E-state index contributed by atoms with van der Waals surface area (Å²) in [7, 11) is 0. The van der Waals surface area contributed by atoms with E-state index in [1.54, 1.807) is 0 Å². The van der Waals surface area contributed by atoms with Crippen molar-refractivity contribution >= 4 is 17.9 Å². The van der Waals surface area contributed by atoms with Gasteiger partial charge in [-0.05, 0) is 37.0 Å². The van der Waals surface area contributed by atoms with E-state index < -0.39 is 6.10 Å². The van der Waals surface area contributed by atoms with Gasteiger partial charge >= 0.3 is 17.9 Å². The smallest absolute Gasteiger partial charge is 0.306 e. The molecular weight excluding hydrogens is 817 g/mol. The minimum atomic E-state index is -0.764. The third-order valence-electron chi connectivity index (χ3n) is 13.6. The summed E-state index contributed by atoms with van der Waals surface area (Å²) in [6.45, 7) is 13.7. The Labute approximate surface area is 412 Å². The van der Waals surface area contributed by atoms with Crippen molar-refractivity contribution in [2.45, 2.75) is 337 Å². The zero-order valence-electron chi connectivity index (χ0n) is 45.5. The molecule has 0 aliphatic carbocycles. The van der Waals surface area contributed by atoms with Crippen molar-refractivity contribution in [2.75, 3.05) is 13.2 Å². The number of hydrogen-bond donors (Lipinski definition) is 0. The second-order valence-electron chi connectivity index (χ2n) is 22.1. The van der Waals surface area contributed by atoms with Crippen LogP contribution < -0.4 is 0 Å². The molecule has 6 nitrogen and oxygen atoms in total. The van der Waals surface area contributed by atoms with E-state index in [4.69, 9.17) is 14.2 Å². The van der Waals surface area contributed by atoms with E-state index in [1.807, 2.05) is 0 Å². The highest BCUT2D eigenvalue weighted by Gasteiger charge is 2.19. The molecule has 0 heterocycles. The Hall–Kier alpha value is -1.59. The first-order chi connectivity index (χ1) is 32.1. The number of carbonyl (C=O) groups is 3. The number of hydrogen-bond acceptors (Lipinski definition) is 6. The molecule has 0 rings (SSSR count). The summed E-state index contributed by atoms with van der Waals surface area (Å²) in [5, 5.41) is 0. The van der Waals surface area contributed by atoms with Crippen molar-refractivity contribution < 1.29 is 28.6 Å². The molecule has 0 N–H and O–H groups in total. The second kappa shape index (κ2) is 51.3. The average molecular weight is 934 g/mol. The molecule has 0 aromatic carbocycles. The topological polar surface area (TPSA) is 78.9 Å². The fraction of sp³-hybridized carbons (Fsp3) is 0.950. The fourth-order valence-electron chi connectivity index (χ4n) is 9.18. The molecule has 0 saturated heterocycles. The molecule has 0 amide bonds. The maximum Gasteiger partial charge on any atom is 0.306 e. The summed E-state index contributed by atoms with van der Waals surface area (Å²) in [6.07, 6.45) is 54.1. The van der Waals surface area contributed by atoms with Gasteiger partial charge < -0.3 is 14.2 Å². The monoisotopic (exact) mass is 933 g/mol. The van der Waals surface area contributed by atoms with Gasteiger partial charge in [0.1, 0.15) is 13.2 Å². The Morgan fingerprint density at radius 1 is 0.258 bits per heavy atom. The molecule has 0 fully saturated rings. The molecule has 6 heteroatoms. The van der Waals surface area contributed by atoms with Gasteiger partial charge in [0.15, 0.2) is 6.10 Å². The highest BCUT2D eigenvalue weighted by Crippen LogP contribution is 2.19. The lowest BCUT2D eigenvalue weighted by atomic mass is 10.0. The molecule has 0 aromatic rings. The number of rotatable bonds is 53. The standard InChI is InChI=1S/C60H116O6/c1-54(2)46-40-34-28-24-20-16-12-9-7-8-10-14-18-22-26-30-37-43-49-58(61)64-52-57(66-60(63)51-45-39-33-32-36-42-48-56(5)6)53-65-59(62)50-44-38-31-27-23-19-15-11-13-17-21-25-29-35-41-47-55(3)4/h54-57H,7-53H2,1-6H3/t57-/m1/s1. The number of unbranched alkanes of at least 4 members (excludes halogenated alkanes) is 36. The van der Waals surface area contributed by atoms with Gasteiger partial charge in [-0.15, -0.1) is 0 Å². The molecule has 1 atom stereocenters. The first-order valence-corrected chi connectivity index (χ1v) is 29.6. The molecule has 66 heavy (non-hydrogen) atoms. The predicted octanol–water partition coefficient (Wildman–Crippen LogP) is 19.5. The SMILES string of the molecule is CC(C)CCCCCCCCCCCCCCCCCCCCC(=O)OC[C@H](COC(=O)CCCCCCCCCCCCCCCCCC(C)C)OC(=O)CCCCCCCCC(C)C. The Kier molecular flexibility index (Phi) is 50.0. The molecule has 0 aliphatic rings. The summed E-state index contributed by atoms with van der Waals surface area (Å²) in [4.78, 5) is 38.1. The van der Waals surface area contributed by atoms with Crippen molar-refractivity contribution in [2.24, 2.45) is 17.8 Å². The van der Waals surface area contributed by atoms with E-state index >= 15 is 0 Å².